The van der Waals surface area contributed by atoms with Gasteiger partial charge in [-0.3, -0.25) is 14.5 Å². The Bertz CT molecular complexity index is 313. The number of carbonyl (C=O) groups excluding carboxylic acids is 2. The van der Waals surface area contributed by atoms with Crippen LogP contribution in [0.25, 0.3) is 0 Å². The van der Waals surface area contributed by atoms with Crippen molar-refractivity contribution in [1.29, 1.82) is 0 Å². The van der Waals surface area contributed by atoms with E-state index in [0.717, 1.165) is 32.1 Å². The topological polar surface area (TPSA) is 49.4 Å². The zero-order valence-corrected chi connectivity index (χ0v) is 12.7. The monoisotopic (exact) mass is 268 g/mol. The molecule has 110 valence electrons. The van der Waals surface area contributed by atoms with Gasteiger partial charge < -0.3 is 5.32 Å². The molecule has 0 aromatic rings. The third-order valence-corrected chi connectivity index (χ3v) is 4.06. The number of carbonyl (C=O) groups is 2. The van der Waals surface area contributed by atoms with E-state index in [1.165, 1.54) is 4.90 Å². The van der Waals surface area contributed by atoms with Gasteiger partial charge in [-0.05, 0) is 25.7 Å². The van der Waals surface area contributed by atoms with Gasteiger partial charge in [0.15, 0.2) is 0 Å². The molecule has 1 aliphatic rings. The summed E-state index contributed by atoms with van der Waals surface area (Å²) in [7, 11) is 0. The summed E-state index contributed by atoms with van der Waals surface area (Å²) < 4.78 is 0. The van der Waals surface area contributed by atoms with E-state index in [9.17, 15) is 9.59 Å². The fourth-order valence-electron chi connectivity index (χ4n) is 2.86. The highest BCUT2D eigenvalue weighted by Gasteiger charge is 2.41. The molecule has 4 nitrogen and oxygen atoms in total. The second kappa shape index (κ2) is 7.63. The minimum absolute atomic E-state index is 0.0115. The van der Waals surface area contributed by atoms with Crippen molar-refractivity contribution < 1.29 is 9.59 Å². The van der Waals surface area contributed by atoms with E-state index in [-0.39, 0.29) is 23.9 Å². The zero-order valence-electron chi connectivity index (χ0n) is 12.7. The number of likely N-dealkylation sites (tertiary alicyclic amines) is 1. The summed E-state index contributed by atoms with van der Waals surface area (Å²) in [5, 5.41) is 3.37. The molecule has 0 saturated carbocycles. The van der Waals surface area contributed by atoms with Crippen LogP contribution in [0, 0.1) is 0 Å². The number of rotatable bonds is 8. The summed E-state index contributed by atoms with van der Waals surface area (Å²) in [6.45, 7) is 8.32. The van der Waals surface area contributed by atoms with Crippen molar-refractivity contribution >= 4 is 11.8 Å². The normalized spacial score (nSPS) is 21.5. The first kappa shape index (κ1) is 16.2. The molecule has 0 bridgehead atoms. The highest BCUT2D eigenvalue weighted by Crippen LogP contribution is 2.21. The summed E-state index contributed by atoms with van der Waals surface area (Å²) in [5.74, 6) is -0.0317. The quantitative estimate of drug-likeness (QED) is 0.688. The number of amides is 2. The van der Waals surface area contributed by atoms with Crippen LogP contribution in [0.4, 0.5) is 0 Å². The third-order valence-electron chi connectivity index (χ3n) is 4.06. The molecule has 2 atom stereocenters. The molecule has 19 heavy (non-hydrogen) atoms. The van der Waals surface area contributed by atoms with E-state index in [0.29, 0.717) is 12.5 Å². The molecule has 1 saturated heterocycles. The molecule has 0 aromatic heterocycles. The van der Waals surface area contributed by atoms with Crippen LogP contribution in [-0.4, -0.2) is 34.8 Å². The molecule has 0 aromatic carbocycles. The molecule has 1 N–H and O–H groups in total. The van der Waals surface area contributed by atoms with Crippen LogP contribution in [0.5, 0.6) is 0 Å². The van der Waals surface area contributed by atoms with Crippen molar-refractivity contribution in [3.63, 3.8) is 0 Å². The summed E-state index contributed by atoms with van der Waals surface area (Å²) in [6, 6.07) is 0.107. The number of hydrogen-bond acceptors (Lipinski definition) is 3. The lowest BCUT2D eigenvalue weighted by atomic mass is 10.1. The van der Waals surface area contributed by atoms with Gasteiger partial charge in [0.2, 0.25) is 11.8 Å². The molecule has 0 aliphatic carbocycles. The van der Waals surface area contributed by atoms with Gasteiger partial charge in [0.25, 0.3) is 0 Å². The molecule has 0 radical (unpaired) electrons. The molecule has 2 unspecified atom stereocenters. The van der Waals surface area contributed by atoms with Gasteiger partial charge in [-0.1, -0.05) is 34.1 Å². The highest BCUT2D eigenvalue weighted by molar-refractivity contribution is 6.05. The van der Waals surface area contributed by atoms with Gasteiger partial charge >= 0.3 is 0 Å². The Hall–Kier alpha value is -0.900. The van der Waals surface area contributed by atoms with Crippen molar-refractivity contribution in [2.75, 3.05) is 0 Å². The van der Waals surface area contributed by atoms with E-state index in [1.807, 2.05) is 13.8 Å². The molecule has 1 fully saturated rings. The van der Waals surface area contributed by atoms with Gasteiger partial charge in [0, 0.05) is 12.1 Å². The van der Waals surface area contributed by atoms with E-state index >= 15 is 0 Å². The standard InChI is InChI=1S/C15H28N2O2/c1-5-9-11(6-2)16-13-10-14(18)17(15(13)19)12(7-3)8-4/h11-13,16H,5-10H2,1-4H3. The van der Waals surface area contributed by atoms with Crippen molar-refractivity contribution in [2.45, 2.75) is 84.3 Å². The molecule has 1 aliphatic heterocycles. The smallest absolute Gasteiger partial charge is 0.247 e. The average Bonchev–Trinajstić information content (AvgIpc) is 2.67. The highest BCUT2D eigenvalue weighted by atomic mass is 16.2. The fraction of sp³-hybridized carbons (Fsp3) is 0.867. The fourth-order valence-corrected chi connectivity index (χ4v) is 2.86. The minimum Gasteiger partial charge on any atom is -0.303 e. The van der Waals surface area contributed by atoms with Crippen LogP contribution in [0.3, 0.4) is 0 Å². The molecule has 0 spiro atoms. The summed E-state index contributed by atoms with van der Waals surface area (Å²) in [6.07, 6.45) is 5.15. The Labute approximate surface area is 116 Å². The van der Waals surface area contributed by atoms with E-state index in [4.69, 9.17) is 0 Å². The Balaban J connectivity index is 2.69. The van der Waals surface area contributed by atoms with Crippen molar-refractivity contribution in [3.05, 3.63) is 0 Å². The largest absolute Gasteiger partial charge is 0.303 e. The Morgan fingerprint density at radius 1 is 1.16 bits per heavy atom. The lowest BCUT2D eigenvalue weighted by molar-refractivity contribution is -0.141. The molecular formula is C15H28N2O2. The maximum atomic E-state index is 12.4. The maximum absolute atomic E-state index is 12.4. The lowest BCUT2D eigenvalue weighted by Crippen LogP contribution is -2.46. The lowest BCUT2D eigenvalue weighted by Gasteiger charge is -2.25. The van der Waals surface area contributed by atoms with Crippen molar-refractivity contribution in [3.8, 4) is 0 Å². The van der Waals surface area contributed by atoms with Crippen molar-refractivity contribution in [1.82, 2.24) is 10.2 Å². The summed E-state index contributed by atoms with van der Waals surface area (Å²) in [5.41, 5.74) is 0. The molecule has 2 amide bonds. The molecule has 1 rings (SSSR count). The van der Waals surface area contributed by atoms with E-state index in [1.54, 1.807) is 0 Å². The van der Waals surface area contributed by atoms with Crippen LogP contribution in [0.2, 0.25) is 0 Å². The van der Waals surface area contributed by atoms with Crippen LogP contribution in [0.15, 0.2) is 0 Å². The minimum atomic E-state index is -0.301. The second-order valence-electron chi connectivity index (χ2n) is 5.39. The van der Waals surface area contributed by atoms with Crippen LogP contribution in [0.1, 0.15) is 66.2 Å². The first-order chi connectivity index (χ1) is 9.08. The Morgan fingerprint density at radius 3 is 2.26 bits per heavy atom. The van der Waals surface area contributed by atoms with Crippen molar-refractivity contribution in [2.24, 2.45) is 0 Å². The van der Waals surface area contributed by atoms with Crippen LogP contribution < -0.4 is 5.32 Å². The van der Waals surface area contributed by atoms with Gasteiger partial charge in [-0.2, -0.15) is 0 Å². The van der Waals surface area contributed by atoms with Crippen LogP contribution >= 0.6 is 0 Å². The molecular weight excluding hydrogens is 240 g/mol. The Morgan fingerprint density at radius 2 is 1.79 bits per heavy atom. The van der Waals surface area contributed by atoms with Gasteiger partial charge in [0.05, 0.1) is 12.5 Å². The first-order valence-corrected chi connectivity index (χ1v) is 7.70. The third kappa shape index (κ3) is 3.78. The first-order valence-electron chi connectivity index (χ1n) is 7.70. The number of nitrogens with zero attached hydrogens (tertiary/aromatic N) is 1. The predicted molar refractivity (Wildman–Crippen MR) is 76.8 cm³/mol. The van der Waals surface area contributed by atoms with Gasteiger partial charge in [-0.15, -0.1) is 0 Å². The number of hydrogen-bond donors (Lipinski definition) is 1. The number of imide groups is 1. The van der Waals surface area contributed by atoms with Gasteiger partial charge in [-0.25, -0.2) is 0 Å². The van der Waals surface area contributed by atoms with E-state index in [2.05, 4.69) is 19.2 Å². The summed E-state index contributed by atoms with van der Waals surface area (Å²) in [4.78, 5) is 25.9. The number of nitrogens with one attached hydrogen (secondary N) is 1. The summed E-state index contributed by atoms with van der Waals surface area (Å²) >= 11 is 0. The molecule has 4 heteroatoms. The van der Waals surface area contributed by atoms with Gasteiger partial charge in [0.1, 0.15) is 0 Å². The average molecular weight is 268 g/mol. The predicted octanol–water partition coefficient (Wildman–Crippen LogP) is 2.47. The SMILES string of the molecule is CCCC(CC)NC1CC(=O)N(C(CC)CC)C1=O. The van der Waals surface area contributed by atoms with Crippen LogP contribution in [-0.2, 0) is 9.59 Å². The Kier molecular flexibility index (Phi) is 6.49. The maximum Gasteiger partial charge on any atom is 0.247 e. The van der Waals surface area contributed by atoms with E-state index < -0.39 is 0 Å². The molecule has 1 heterocycles. The zero-order chi connectivity index (χ0) is 14.4. The second-order valence-corrected chi connectivity index (χ2v) is 5.39.